The van der Waals surface area contributed by atoms with E-state index >= 15 is 0 Å². The zero-order chi connectivity index (χ0) is 24.0. The van der Waals surface area contributed by atoms with E-state index in [0.717, 1.165) is 29.5 Å². The van der Waals surface area contributed by atoms with Gasteiger partial charge in [0.15, 0.2) is 0 Å². The average Bonchev–Trinajstić information content (AvgIpc) is 3.13. The first-order chi connectivity index (χ1) is 17.1. The van der Waals surface area contributed by atoms with E-state index < -0.39 is 17.6 Å². The molecule has 1 unspecified atom stereocenters. The van der Waals surface area contributed by atoms with Gasteiger partial charge in [-0.15, -0.1) is 0 Å². The summed E-state index contributed by atoms with van der Waals surface area (Å²) in [5, 5.41) is 23.2. The van der Waals surface area contributed by atoms with Crippen molar-refractivity contribution in [2.24, 2.45) is 0 Å². The molecule has 4 aromatic carbocycles. The Morgan fingerprint density at radius 3 is 2.14 bits per heavy atom. The topological polar surface area (TPSA) is 70.0 Å². The van der Waals surface area contributed by atoms with Gasteiger partial charge in [0.2, 0.25) is 5.60 Å². The molecular weight excluding hydrogens is 438 g/mol. The van der Waals surface area contributed by atoms with Gasteiger partial charge in [-0.05, 0) is 47.7 Å². The van der Waals surface area contributed by atoms with Crippen molar-refractivity contribution in [1.82, 2.24) is 0 Å². The molecule has 174 valence electrons. The molecule has 6 rings (SSSR count). The van der Waals surface area contributed by atoms with Crippen molar-refractivity contribution in [1.29, 1.82) is 0 Å². The number of aromatic hydroxyl groups is 1. The maximum Gasteiger partial charge on any atom is 0.269 e. The Morgan fingerprint density at radius 2 is 1.46 bits per heavy atom. The van der Waals surface area contributed by atoms with Crippen molar-refractivity contribution >= 4 is 11.6 Å². The molecule has 4 aromatic rings. The number of aliphatic hydroxyl groups is 1. The summed E-state index contributed by atoms with van der Waals surface area (Å²) < 4.78 is 5.81. The van der Waals surface area contributed by atoms with E-state index in [1.807, 2.05) is 72.8 Å². The molecule has 35 heavy (non-hydrogen) atoms. The lowest BCUT2D eigenvalue weighted by Crippen LogP contribution is -2.43. The van der Waals surface area contributed by atoms with E-state index in [1.165, 1.54) is 0 Å². The molecule has 2 heterocycles. The van der Waals surface area contributed by atoms with Crippen LogP contribution in [0, 0.1) is 0 Å². The molecule has 0 bridgehead atoms. The number of carbonyl (C=O) groups is 1. The zero-order valence-corrected chi connectivity index (χ0v) is 19.1. The third kappa shape index (κ3) is 3.31. The lowest BCUT2D eigenvalue weighted by atomic mass is 9.85. The van der Waals surface area contributed by atoms with Crippen LogP contribution in [0.1, 0.15) is 40.3 Å². The van der Waals surface area contributed by atoms with Gasteiger partial charge in [0, 0.05) is 11.1 Å². The number of para-hydroxylation sites is 1. The molecule has 0 aromatic heterocycles. The second-order valence-corrected chi connectivity index (χ2v) is 9.06. The van der Waals surface area contributed by atoms with Crippen LogP contribution < -0.4 is 9.64 Å². The van der Waals surface area contributed by atoms with Crippen LogP contribution in [-0.2, 0) is 16.8 Å². The highest BCUT2D eigenvalue weighted by Crippen LogP contribution is 2.51. The zero-order valence-electron chi connectivity index (χ0n) is 19.1. The number of ether oxygens (including phenoxy) is 1. The maximum absolute atomic E-state index is 14.3. The number of carbonyl (C=O) groups excluding carboxylic acids is 1. The average molecular weight is 464 g/mol. The minimum Gasteiger partial charge on any atom is -0.508 e. The van der Waals surface area contributed by atoms with Crippen LogP contribution in [0.2, 0.25) is 0 Å². The van der Waals surface area contributed by atoms with Gasteiger partial charge >= 0.3 is 0 Å². The number of benzene rings is 4. The van der Waals surface area contributed by atoms with Crippen molar-refractivity contribution in [2.45, 2.75) is 24.5 Å². The third-order valence-electron chi connectivity index (χ3n) is 6.99. The molecule has 0 aliphatic carbocycles. The van der Waals surface area contributed by atoms with Gasteiger partial charge in [0.25, 0.3) is 5.91 Å². The quantitative estimate of drug-likeness (QED) is 0.442. The van der Waals surface area contributed by atoms with Gasteiger partial charge < -0.3 is 14.9 Å². The molecule has 0 saturated carbocycles. The van der Waals surface area contributed by atoms with Crippen LogP contribution in [0.25, 0.3) is 0 Å². The number of hydrogen-bond donors (Lipinski definition) is 2. The van der Waals surface area contributed by atoms with E-state index in [-0.39, 0.29) is 11.3 Å². The minimum atomic E-state index is -2.06. The number of amides is 1. The number of aryl methyl sites for hydroxylation is 1. The molecule has 5 heteroatoms. The minimum absolute atomic E-state index is 0.113. The summed E-state index contributed by atoms with van der Waals surface area (Å²) in [5.41, 5.74) is 1.84. The van der Waals surface area contributed by atoms with E-state index in [0.29, 0.717) is 23.6 Å². The number of hydrogen-bond acceptors (Lipinski definition) is 4. The highest BCUT2D eigenvalue weighted by molar-refractivity contribution is 6.10. The molecule has 0 fully saturated rings. The van der Waals surface area contributed by atoms with Gasteiger partial charge in [-0.2, -0.15) is 0 Å². The normalized spacial score (nSPS) is 18.8. The Labute approximate surface area is 203 Å². The molecule has 2 aliphatic rings. The second kappa shape index (κ2) is 8.29. The Balaban J connectivity index is 1.56. The summed E-state index contributed by atoms with van der Waals surface area (Å²) in [6, 6.07) is 29.6. The van der Waals surface area contributed by atoms with E-state index in [9.17, 15) is 15.0 Å². The molecule has 1 atom stereocenters. The predicted octanol–water partition coefficient (Wildman–Crippen LogP) is 5.09. The predicted molar refractivity (Wildman–Crippen MR) is 134 cm³/mol. The van der Waals surface area contributed by atoms with E-state index in [2.05, 4.69) is 0 Å². The van der Waals surface area contributed by atoms with Gasteiger partial charge in [-0.1, -0.05) is 78.9 Å². The van der Waals surface area contributed by atoms with Crippen LogP contribution >= 0.6 is 0 Å². The number of phenolic OH excluding ortho intramolecular Hbond substituents is 1. The maximum atomic E-state index is 14.3. The Morgan fingerprint density at radius 1 is 0.829 bits per heavy atom. The fourth-order valence-corrected chi connectivity index (χ4v) is 5.34. The van der Waals surface area contributed by atoms with Crippen molar-refractivity contribution < 1.29 is 19.7 Å². The fourth-order valence-electron chi connectivity index (χ4n) is 5.34. The molecule has 2 N–H and O–H groups in total. The molecule has 1 amide bonds. The van der Waals surface area contributed by atoms with Crippen LogP contribution in [0.5, 0.6) is 11.5 Å². The monoisotopic (exact) mass is 463 g/mol. The Bertz CT molecular complexity index is 1360. The number of nitrogens with zero attached hydrogens (tertiary/aromatic N) is 1. The summed E-state index contributed by atoms with van der Waals surface area (Å²) in [6.45, 7) is 0.566. The smallest absolute Gasteiger partial charge is 0.269 e. The van der Waals surface area contributed by atoms with Gasteiger partial charge in [0.05, 0.1) is 18.3 Å². The molecule has 5 nitrogen and oxygen atoms in total. The van der Waals surface area contributed by atoms with Crippen LogP contribution in [0.4, 0.5) is 5.69 Å². The number of rotatable bonds is 4. The Hall–Kier alpha value is -4.09. The lowest BCUT2D eigenvalue weighted by molar-refractivity contribution is -0.132. The summed E-state index contributed by atoms with van der Waals surface area (Å²) >= 11 is 0. The highest BCUT2D eigenvalue weighted by atomic mass is 16.5. The van der Waals surface area contributed by atoms with Crippen molar-refractivity contribution in [3.05, 3.63) is 125 Å². The molecule has 2 aliphatic heterocycles. The van der Waals surface area contributed by atoms with Crippen molar-refractivity contribution in [3.63, 3.8) is 0 Å². The van der Waals surface area contributed by atoms with Crippen molar-refractivity contribution in [3.8, 4) is 11.5 Å². The molecule has 0 radical (unpaired) electrons. The molecule has 0 spiro atoms. The molecular formula is C30H25NO4. The standard InChI is InChI=1S/C30H25NO4/c32-26-18-22-14-9-17-35-27(22)19-24(26)30(34)23-15-7-8-16-25(23)31(29(30)33)28(20-10-3-1-4-11-20)21-12-5-2-6-13-21/h1-8,10-13,15-16,18-19,28,32,34H,9,14,17H2. The first-order valence-electron chi connectivity index (χ1n) is 11.8. The SMILES string of the molecule is O=C1N(C(c2ccccc2)c2ccccc2)c2ccccc2C1(O)c1cc2c(cc1O)CCCO2. The summed E-state index contributed by atoms with van der Waals surface area (Å²) in [4.78, 5) is 16.0. The Kier molecular flexibility index (Phi) is 5.08. The van der Waals surface area contributed by atoms with Gasteiger partial charge in [-0.3, -0.25) is 9.69 Å². The second-order valence-electron chi connectivity index (χ2n) is 9.06. The summed E-state index contributed by atoms with van der Waals surface area (Å²) in [7, 11) is 0. The lowest BCUT2D eigenvalue weighted by Gasteiger charge is -2.31. The van der Waals surface area contributed by atoms with E-state index in [4.69, 9.17) is 4.74 Å². The number of fused-ring (bicyclic) bond motifs is 2. The number of anilines is 1. The number of phenols is 1. The first-order valence-corrected chi connectivity index (χ1v) is 11.8. The van der Waals surface area contributed by atoms with E-state index in [1.54, 1.807) is 29.2 Å². The highest BCUT2D eigenvalue weighted by Gasteiger charge is 2.54. The van der Waals surface area contributed by atoms with Crippen LogP contribution in [0.15, 0.2) is 97.1 Å². The van der Waals surface area contributed by atoms with Gasteiger partial charge in [0.1, 0.15) is 11.5 Å². The first kappa shape index (κ1) is 21.4. The fraction of sp³-hybridized carbons (Fsp3) is 0.167. The van der Waals surface area contributed by atoms with Gasteiger partial charge in [-0.25, -0.2) is 0 Å². The molecule has 0 saturated heterocycles. The van der Waals surface area contributed by atoms with Crippen LogP contribution in [0.3, 0.4) is 0 Å². The summed E-state index contributed by atoms with van der Waals surface area (Å²) in [5.74, 6) is -0.0240. The largest absolute Gasteiger partial charge is 0.508 e. The van der Waals surface area contributed by atoms with Crippen LogP contribution in [-0.4, -0.2) is 22.7 Å². The van der Waals surface area contributed by atoms with Crippen molar-refractivity contribution in [2.75, 3.05) is 11.5 Å². The summed E-state index contributed by atoms with van der Waals surface area (Å²) in [6.07, 6.45) is 1.64. The third-order valence-corrected chi connectivity index (χ3v) is 6.99.